The van der Waals surface area contributed by atoms with E-state index in [1.807, 2.05) is 25.1 Å². The lowest BCUT2D eigenvalue weighted by molar-refractivity contribution is -0.126. The Balaban J connectivity index is 1.59. The summed E-state index contributed by atoms with van der Waals surface area (Å²) in [4.78, 5) is 13.0. The molecule has 2 aromatic carbocycles. The minimum absolute atomic E-state index is 0.124. The Morgan fingerprint density at radius 1 is 1.03 bits per heavy atom. The lowest BCUT2D eigenvalue weighted by Gasteiger charge is -2.31. The molecule has 0 bridgehead atoms. The molecule has 9 heteroatoms. The number of rotatable bonds is 9. The average molecular weight is 477 g/mol. The molecule has 33 heavy (non-hydrogen) atoms. The van der Waals surface area contributed by atoms with Gasteiger partial charge in [-0.3, -0.25) is 4.79 Å². The number of nitrogens with zero attached hydrogens (tertiary/aromatic N) is 1. The van der Waals surface area contributed by atoms with Gasteiger partial charge in [0.05, 0.1) is 32.1 Å². The number of carbonyl (C=O) groups excluding carboxylic acids is 1. The third-order valence-electron chi connectivity index (χ3n) is 5.92. The van der Waals surface area contributed by atoms with Gasteiger partial charge in [-0.1, -0.05) is 6.07 Å². The summed E-state index contributed by atoms with van der Waals surface area (Å²) < 4.78 is 43.5. The Hall–Kier alpha value is -2.78. The van der Waals surface area contributed by atoms with Crippen molar-refractivity contribution in [1.29, 1.82) is 0 Å². The van der Waals surface area contributed by atoms with Crippen LogP contribution in [0, 0.1) is 12.8 Å². The van der Waals surface area contributed by atoms with E-state index in [-0.39, 0.29) is 23.3 Å². The van der Waals surface area contributed by atoms with Crippen LogP contribution < -0.4 is 19.5 Å². The monoisotopic (exact) mass is 476 g/mol. The van der Waals surface area contributed by atoms with Gasteiger partial charge in [-0.25, -0.2) is 8.42 Å². The smallest absolute Gasteiger partial charge is 0.243 e. The second-order valence-corrected chi connectivity index (χ2v) is 10.0. The maximum Gasteiger partial charge on any atom is 0.243 e. The van der Waals surface area contributed by atoms with Crippen molar-refractivity contribution in [2.24, 2.45) is 5.92 Å². The number of piperidine rings is 1. The van der Waals surface area contributed by atoms with Gasteiger partial charge in [0, 0.05) is 19.6 Å². The topological polar surface area (TPSA) is 94.2 Å². The summed E-state index contributed by atoms with van der Waals surface area (Å²) >= 11 is 0. The molecule has 1 heterocycles. The van der Waals surface area contributed by atoms with Gasteiger partial charge in [-0.15, -0.1) is 0 Å². The molecule has 0 unspecified atom stereocenters. The van der Waals surface area contributed by atoms with Gasteiger partial charge in [0.15, 0.2) is 11.5 Å². The van der Waals surface area contributed by atoms with E-state index in [1.165, 1.54) is 4.31 Å². The minimum atomic E-state index is -3.68. The van der Waals surface area contributed by atoms with Crippen molar-refractivity contribution in [3.05, 3.63) is 47.5 Å². The van der Waals surface area contributed by atoms with Crippen LogP contribution in [-0.2, 0) is 21.2 Å². The second kappa shape index (κ2) is 10.9. The quantitative estimate of drug-likeness (QED) is 0.598. The minimum Gasteiger partial charge on any atom is -0.496 e. The molecule has 0 aliphatic carbocycles. The number of amides is 1. The third-order valence-corrected chi connectivity index (χ3v) is 7.78. The number of aryl methyl sites for hydroxylation is 1. The summed E-state index contributed by atoms with van der Waals surface area (Å²) in [6, 6.07) is 10.5. The molecule has 1 amide bonds. The molecule has 1 aliphatic rings. The molecule has 8 nitrogen and oxygen atoms in total. The first-order valence-corrected chi connectivity index (χ1v) is 12.4. The number of hydrogen-bond acceptors (Lipinski definition) is 6. The number of nitrogens with one attached hydrogen (secondary N) is 1. The zero-order valence-electron chi connectivity index (χ0n) is 19.6. The van der Waals surface area contributed by atoms with Gasteiger partial charge in [0.1, 0.15) is 5.75 Å². The van der Waals surface area contributed by atoms with E-state index >= 15 is 0 Å². The van der Waals surface area contributed by atoms with Crippen molar-refractivity contribution < 1.29 is 27.4 Å². The van der Waals surface area contributed by atoms with Crippen LogP contribution in [0.2, 0.25) is 0 Å². The van der Waals surface area contributed by atoms with Crippen molar-refractivity contribution in [3.63, 3.8) is 0 Å². The van der Waals surface area contributed by atoms with Crippen molar-refractivity contribution in [2.75, 3.05) is 41.0 Å². The summed E-state index contributed by atoms with van der Waals surface area (Å²) in [5.74, 6) is 1.43. The zero-order valence-corrected chi connectivity index (χ0v) is 20.4. The molecular weight excluding hydrogens is 444 g/mol. The molecule has 3 rings (SSSR count). The summed E-state index contributed by atoms with van der Waals surface area (Å²) in [6.45, 7) is 2.84. The SMILES string of the molecule is COc1ccc(S(=O)(=O)N2CCC[C@H](C(=O)NCCc3ccc(OC)c(OC)c3)C2)cc1C. The normalized spacial score (nSPS) is 16.8. The van der Waals surface area contributed by atoms with E-state index in [9.17, 15) is 13.2 Å². The number of methoxy groups -OCH3 is 3. The number of sulfonamides is 1. The first-order valence-electron chi connectivity index (χ1n) is 10.9. The zero-order chi connectivity index (χ0) is 24.0. The molecule has 1 aliphatic heterocycles. The highest BCUT2D eigenvalue weighted by molar-refractivity contribution is 7.89. The van der Waals surface area contributed by atoms with E-state index in [0.29, 0.717) is 49.6 Å². The summed E-state index contributed by atoms with van der Waals surface area (Å²) in [5.41, 5.74) is 1.76. The summed E-state index contributed by atoms with van der Waals surface area (Å²) in [5, 5.41) is 2.95. The first-order chi connectivity index (χ1) is 15.8. The first kappa shape index (κ1) is 24.9. The van der Waals surface area contributed by atoms with Crippen LogP contribution in [0.5, 0.6) is 17.2 Å². The van der Waals surface area contributed by atoms with E-state index in [2.05, 4.69) is 5.32 Å². The number of ether oxygens (including phenoxy) is 3. The van der Waals surface area contributed by atoms with Crippen molar-refractivity contribution >= 4 is 15.9 Å². The van der Waals surface area contributed by atoms with E-state index in [1.54, 1.807) is 39.5 Å². The van der Waals surface area contributed by atoms with Gasteiger partial charge in [-0.05, 0) is 67.6 Å². The lowest BCUT2D eigenvalue weighted by Crippen LogP contribution is -2.45. The number of carbonyl (C=O) groups is 1. The molecule has 1 atom stereocenters. The Bertz CT molecular complexity index is 1090. The second-order valence-electron chi connectivity index (χ2n) is 8.06. The molecule has 0 spiro atoms. The van der Waals surface area contributed by atoms with Crippen molar-refractivity contribution in [2.45, 2.75) is 31.1 Å². The fourth-order valence-corrected chi connectivity index (χ4v) is 5.66. The molecular formula is C24H32N2O6S. The Labute approximate surface area is 195 Å². The van der Waals surface area contributed by atoms with Gasteiger partial charge in [0.25, 0.3) is 0 Å². The van der Waals surface area contributed by atoms with Crippen LogP contribution >= 0.6 is 0 Å². The lowest BCUT2D eigenvalue weighted by atomic mass is 9.99. The van der Waals surface area contributed by atoms with Crippen LogP contribution in [0.4, 0.5) is 0 Å². The molecule has 1 N–H and O–H groups in total. The summed E-state index contributed by atoms with van der Waals surface area (Å²) in [6.07, 6.45) is 1.93. The predicted molar refractivity (Wildman–Crippen MR) is 125 cm³/mol. The van der Waals surface area contributed by atoms with Gasteiger partial charge < -0.3 is 19.5 Å². The van der Waals surface area contributed by atoms with Crippen LogP contribution in [0.3, 0.4) is 0 Å². The fourth-order valence-electron chi connectivity index (χ4n) is 4.05. The van der Waals surface area contributed by atoms with Gasteiger partial charge in [-0.2, -0.15) is 4.31 Å². The summed E-state index contributed by atoms with van der Waals surface area (Å²) in [7, 11) is 1.04. The fraction of sp³-hybridized carbons (Fsp3) is 0.458. The third kappa shape index (κ3) is 5.78. The molecule has 0 aromatic heterocycles. The Morgan fingerprint density at radius 2 is 1.73 bits per heavy atom. The van der Waals surface area contributed by atoms with Crippen LogP contribution in [-0.4, -0.2) is 59.6 Å². The van der Waals surface area contributed by atoms with Gasteiger partial charge >= 0.3 is 0 Å². The van der Waals surface area contributed by atoms with Gasteiger partial charge in [0.2, 0.25) is 15.9 Å². The number of hydrogen-bond donors (Lipinski definition) is 1. The van der Waals surface area contributed by atoms with E-state index in [4.69, 9.17) is 14.2 Å². The molecule has 1 saturated heterocycles. The Kier molecular flexibility index (Phi) is 8.20. The largest absolute Gasteiger partial charge is 0.496 e. The highest BCUT2D eigenvalue weighted by Crippen LogP contribution is 2.28. The molecule has 180 valence electrons. The molecule has 0 radical (unpaired) electrons. The van der Waals surface area contributed by atoms with Crippen molar-refractivity contribution in [1.82, 2.24) is 9.62 Å². The average Bonchev–Trinajstić information content (AvgIpc) is 2.83. The van der Waals surface area contributed by atoms with Crippen molar-refractivity contribution in [3.8, 4) is 17.2 Å². The maximum atomic E-state index is 13.2. The Morgan fingerprint density at radius 3 is 2.39 bits per heavy atom. The van der Waals surface area contributed by atoms with E-state index in [0.717, 1.165) is 11.1 Å². The van der Waals surface area contributed by atoms with E-state index < -0.39 is 10.0 Å². The standard InChI is InChI=1S/C24H32N2O6S/c1-17-14-20(8-10-21(17)30-2)33(28,29)26-13-5-6-19(16-26)24(27)25-12-11-18-7-9-22(31-3)23(15-18)32-4/h7-10,14-15,19H,5-6,11-13,16H2,1-4H3,(H,25,27)/t19-/m0/s1. The predicted octanol–water partition coefficient (Wildman–Crippen LogP) is 2.78. The maximum absolute atomic E-state index is 13.2. The highest BCUT2D eigenvalue weighted by Gasteiger charge is 2.33. The molecule has 1 fully saturated rings. The highest BCUT2D eigenvalue weighted by atomic mass is 32.2. The van der Waals surface area contributed by atoms with Crippen LogP contribution in [0.15, 0.2) is 41.3 Å². The molecule has 2 aromatic rings. The number of benzene rings is 2. The molecule has 0 saturated carbocycles. The van der Waals surface area contributed by atoms with Crippen LogP contribution in [0.1, 0.15) is 24.0 Å². The van der Waals surface area contributed by atoms with Crippen LogP contribution in [0.25, 0.3) is 0 Å².